The molecule has 2 aromatic rings. The number of anilines is 1. The van der Waals surface area contributed by atoms with Crippen molar-refractivity contribution in [2.45, 2.75) is 44.2 Å². The molecule has 0 atom stereocenters. The van der Waals surface area contributed by atoms with Crippen LogP contribution in [0.15, 0.2) is 30.5 Å². The molecule has 0 unspecified atom stereocenters. The zero-order valence-corrected chi connectivity index (χ0v) is 14.1. The number of rotatable bonds is 5. The fourth-order valence-corrected chi connectivity index (χ4v) is 3.33. The van der Waals surface area contributed by atoms with E-state index < -0.39 is 11.6 Å². The van der Waals surface area contributed by atoms with E-state index in [1.165, 1.54) is 25.0 Å². The second-order valence-corrected chi connectivity index (χ2v) is 7.02. The molecular weight excluding hydrogens is 322 g/mol. The molecule has 1 aromatic heterocycles. The molecule has 0 radical (unpaired) electrons. The first-order valence-electron chi connectivity index (χ1n) is 8.93. The van der Waals surface area contributed by atoms with Crippen LogP contribution in [-0.2, 0) is 6.54 Å². The number of nitrogens with zero attached hydrogens (tertiary/aromatic N) is 3. The second-order valence-electron chi connectivity index (χ2n) is 7.02. The molecule has 132 valence electrons. The first-order chi connectivity index (χ1) is 12.2. The van der Waals surface area contributed by atoms with Crippen LogP contribution in [0.5, 0.6) is 0 Å². The van der Waals surface area contributed by atoms with Gasteiger partial charge in [-0.25, -0.2) is 18.7 Å². The summed E-state index contributed by atoms with van der Waals surface area (Å²) in [5, 5.41) is 3.52. The van der Waals surface area contributed by atoms with E-state index in [9.17, 15) is 8.78 Å². The van der Waals surface area contributed by atoms with Gasteiger partial charge in [0.05, 0.1) is 0 Å². The molecule has 2 heterocycles. The van der Waals surface area contributed by atoms with Crippen molar-refractivity contribution < 1.29 is 8.78 Å². The highest BCUT2D eigenvalue weighted by atomic mass is 19.2. The Hall–Kier alpha value is -2.08. The van der Waals surface area contributed by atoms with Gasteiger partial charge in [-0.3, -0.25) is 4.90 Å². The maximum Gasteiger partial charge on any atom is 0.159 e. The summed E-state index contributed by atoms with van der Waals surface area (Å²) in [5.41, 5.74) is 0.815. The lowest BCUT2D eigenvalue weighted by Crippen LogP contribution is -2.38. The highest BCUT2D eigenvalue weighted by molar-refractivity contribution is 5.35. The third-order valence-corrected chi connectivity index (χ3v) is 4.95. The van der Waals surface area contributed by atoms with Crippen LogP contribution in [0.4, 0.5) is 14.6 Å². The van der Waals surface area contributed by atoms with Crippen LogP contribution in [0.3, 0.4) is 0 Å². The molecule has 6 heteroatoms. The van der Waals surface area contributed by atoms with Crippen molar-refractivity contribution in [3.8, 4) is 0 Å². The van der Waals surface area contributed by atoms with Gasteiger partial charge in [0.2, 0.25) is 0 Å². The molecule has 1 N–H and O–H groups in total. The van der Waals surface area contributed by atoms with Crippen molar-refractivity contribution in [3.63, 3.8) is 0 Å². The molecule has 1 saturated heterocycles. The third-order valence-electron chi connectivity index (χ3n) is 4.95. The van der Waals surface area contributed by atoms with Gasteiger partial charge in [0.25, 0.3) is 0 Å². The smallest absolute Gasteiger partial charge is 0.159 e. The summed E-state index contributed by atoms with van der Waals surface area (Å²) in [6.45, 7) is 2.51. The third kappa shape index (κ3) is 4.12. The van der Waals surface area contributed by atoms with Crippen LogP contribution in [0.2, 0.25) is 0 Å². The van der Waals surface area contributed by atoms with Crippen LogP contribution >= 0.6 is 0 Å². The fourth-order valence-electron chi connectivity index (χ4n) is 3.33. The highest BCUT2D eigenvalue weighted by Gasteiger charge is 2.27. The molecular formula is C19H22F2N4. The first-order valence-corrected chi connectivity index (χ1v) is 8.93. The Kier molecular flexibility index (Phi) is 4.61. The van der Waals surface area contributed by atoms with Crippen LogP contribution in [0.25, 0.3) is 0 Å². The Labute approximate surface area is 146 Å². The Balaban J connectivity index is 1.29. The SMILES string of the molecule is Fc1ccc(CN2CCC(Nc3ccnc(C4CC4)n3)CC2)cc1F. The molecule has 2 aliphatic rings. The average molecular weight is 344 g/mol. The molecule has 1 aromatic carbocycles. The lowest BCUT2D eigenvalue weighted by atomic mass is 10.0. The van der Waals surface area contributed by atoms with Crippen LogP contribution < -0.4 is 5.32 Å². The van der Waals surface area contributed by atoms with Gasteiger partial charge in [0.1, 0.15) is 11.6 Å². The highest BCUT2D eigenvalue weighted by Crippen LogP contribution is 2.38. The summed E-state index contributed by atoms with van der Waals surface area (Å²) in [7, 11) is 0. The molecule has 0 spiro atoms. The van der Waals surface area contributed by atoms with Gasteiger partial charge in [0.15, 0.2) is 11.6 Å². The van der Waals surface area contributed by atoms with E-state index in [0.29, 0.717) is 18.5 Å². The van der Waals surface area contributed by atoms with Gasteiger partial charge >= 0.3 is 0 Å². The lowest BCUT2D eigenvalue weighted by molar-refractivity contribution is 0.211. The summed E-state index contributed by atoms with van der Waals surface area (Å²) < 4.78 is 26.3. The summed E-state index contributed by atoms with van der Waals surface area (Å²) in [6.07, 6.45) is 6.25. The molecule has 0 bridgehead atoms. The predicted octanol–water partition coefficient (Wildman–Crippen LogP) is 3.71. The summed E-state index contributed by atoms with van der Waals surface area (Å²) in [6, 6.07) is 6.47. The van der Waals surface area contributed by atoms with E-state index >= 15 is 0 Å². The molecule has 4 nitrogen and oxygen atoms in total. The molecule has 2 fully saturated rings. The Bertz CT molecular complexity index is 740. The average Bonchev–Trinajstić information content (AvgIpc) is 3.45. The van der Waals surface area contributed by atoms with Crippen molar-refractivity contribution in [2.75, 3.05) is 18.4 Å². The van der Waals surface area contributed by atoms with Gasteiger partial charge in [-0.05, 0) is 49.4 Å². The molecule has 1 aliphatic heterocycles. The monoisotopic (exact) mass is 344 g/mol. The van der Waals surface area contributed by atoms with Crippen LogP contribution in [-0.4, -0.2) is 34.0 Å². The minimum Gasteiger partial charge on any atom is -0.367 e. The molecule has 1 aliphatic carbocycles. The summed E-state index contributed by atoms with van der Waals surface area (Å²) in [5.74, 6) is 0.864. The molecule has 25 heavy (non-hydrogen) atoms. The Morgan fingerprint density at radius 2 is 1.84 bits per heavy atom. The number of nitrogens with one attached hydrogen (secondary N) is 1. The molecule has 0 amide bonds. The number of piperidine rings is 1. The quantitative estimate of drug-likeness (QED) is 0.898. The summed E-state index contributed by atoms with van der Waals surface area (Å²) >= 11 is 0. The van der Waals surface area contributed by atoms with E-state index in [0.717, 1.165) is 43.1 Å². The largest absolute Gasteiger partial charge is 0.367 e. The lowest BCUT2D eigenvalue weighted by Gasteiger charge is -2.32. The van der Waals surface area contributed by atoms with Gasteiger partial charge in [-0.2, -0.15) is 0 Å². The maximum atomic E-state index is 13.3. The van der Waals surface area contributed by atoms with Crippen molar-refractivity contribution in [1.29, 1.82) is 0 Å². The van der Waals surface area contributed by atoms with Gasteiger partial charge in [-0.1, -0.05) is 6.07 Å². The zero-order chi connectivity index (χ0) is 17.2. The number of hydrogen-bond acceptors (Lipinski definition) is 4. The van der Waals surface area contributed by atoms with Crippen molar-refractivity contribution in [1.82, 2.24) is 14.9 Å². The first kappa shape index (κ1) is 16.4. The van der Waals surface area contributed by atoms with Crippen LogP contribution in [0.1, 0.15) is 43.0 Å². The number of aromatic nitrogens is 2. The van der Waals surface area contributed by atoms with E-state index in [1.54, 1.807) is 6.07 Å². The van der Waals surface area contributed by atoms with Crippen molar-refractivity contribution in [3.05, 3.63) is 53.5 Å². The molecule has 1 saturated carbocycles. The topological polar surface area (TPSA) is 41.0 Å². The predicted molar refractivity (Wildman–Crippen MR) is 92.3 cm³/mol. The van der Waals surface area contributed by atoms with Crippen LogP contribution in [0, 0.1) is 11.6 Å². The minimum absolute atomic E-state index is 0.392. The minimum atomic E-state index is -0.790. The second kappa shape index (κ2) is 7.04. The number of halogens is 2. The fraction of sp³-hybridized carbons (Fsp3) is 0.474. The number of likely N-dealkylation sites (tertiary alicyclic amines) is 1. The van der Waals surface area contributed by atoms with E-state index in [2.05, 4.69) is 20.2 Å². The number of hydrogen-bond donors (Lipinski definition) is 1. The van der Waals surface area contributed by atoms with Crippen molar-refractivity contribution in [2.24, 2.45) is 0 Å². The Morgan fingerprint density at radius 1 is 1.04 bits per heavy atom. The zero-order valence-electron chi connectivity index (χ0n) is 14.1. The maximum absolute atomic E-state index is 13.3. The number of benzene rings is 1. The van der Waals surface area contributed by atoms with E-state index in [1.807, 2.05) is 12.3 Å². The van der Waals surface area contributed by atoms with Gasteiger partial charge < -0.3 is 5.32 Å². The normalized spacial score (nSPS) is 19.1. The molecule has 4 rings (SSSR count). The summed E-state index contributed by atoms with van der Waals surface area (Å²) in [4.78, 5) is 11.2. The van der Waals surface area contributed by atoms with Gasteiger partial charge in [0, 0.05) is 37.8 Å². The van der Waals surface area contributed by atoms with Gasteiger partial charge in [-0.15, -0.1) is 0 Å². The van der Waals surface area contributed by atoms with E-state index in [-0.39, 0.29) is 0 Å². The van der Waals surface area contributed by atoms with E-state index in [4.69, 9.17) is 0 Å². The Morgan fingerprint density at radius 3 is 2.56 bits per heavy atom. The van der Waals surface area contributed by atoms with Crippen molar-refractivity contribution >= 4 is 5.82 Å². The standard InChI is InChI=1S/C19H22F2N4/c20-16-4-1-13(11-17(16)21)12-25-9-6-15(7-10-25)23-18-5-8-22-19(24-18)14-2-3-14/h1,4-5,8,11,14-15H,2-3,6-7,9-10,12H2,(H,22,23,24).